The molecule has 2 rings (SSSR count). The molecule has 1 aliphatic heterocycles. The number of carbonyl (C=O) groups is 1. The molecule has 1 heterocycles. The number of nitro groups is 1. The Hall–Kier alpha value is -1.90. The molecule has 0 saturated carbocycles. The summed E-state index contributed by atoms with van der Waals surface area (Å²) in [6, 6.07) is 5.94. The molecule has 1 aliphatic rings. The molecule has 0 bridgehead atoms. The minimum Gasteiger partial charge on any atom is -0.445 e. The van der Waals surface area contributed by atoms with Gasteiger partial charge in [0.25, 0.3) is 5.69 Å². The lowest BCUT2D eigenvalue weighted by molar-refractivity contribution is -0.384. The first-order valence-electron chi connectivity index (χ1n) is 7.72. The van der Waals surface area contributed by atoms with Crippen molar-refractivity contribution in [3.8, 4) is 0 Å². The number of nitro benzene ring substituents is 1. The van der Waals surface area contributed by atoms with Crippen LogP contribution in [0.15, 0.2) is 24.3 Å². The van der Waals surface area contributed by atoms with Gasteiger partial charge < -0.3 is 20.3 Å². The van der Waals surface area contributed by atoms with Gasteiger partial charge in [0.05, 0.1) is 4.92 Å². The molecule has 0 atom stereocenters. The fourth-order valence-electron chi connectivity index (χ4n) is 2.34. The molecule has 2 N–H and O–H groups in total. The first-order valence-corrected chi connectivity index (χ1v) is 7.72. The Balaban J connectivity index is 0.00000288. The highest BCUT2D eigenvalue weighted by Crippen LogP contribution is 2.12. The number of nitrogens with zero attached hydrogens (tertiary/aromatic N) is 2. The third kappa shape index (κ3) is 7.12. The van der Waals surface area contributed by atoms with Crippen LogP contribution in [0, 0.1) is 10.1 Å². The zero-order chi connectivity index (χ0) is 16.5. The van der Waals surface area contributed by atoms with Gasteiger partial charge in [0.1, 0.15) is 6.61 Å². The number of halogens is 1. The number of rotatable bonds is 7. The zero-order valence-electron chi connectivity index (χ0n) is 13.4. The topological polar surface area (TPSA) is 96.7 Å². The zero-order valence-corrected chi connectivity index (χ0v) is 14.2. The Morgan fingerprint density at radius 3 is 2.58 bits per heavy atom. The van der Waals surface area contributed by atoms with Crippen LogP contribution in [0.25, 0.3) is 0 Å². The maximum Gasteiger partial charge on any atom is 0.407 e. The fourth-order valence-corrected chi connectivity index (χ4v) is 2.34. The second-order valence-corrected chi connectivity index (χ2v) is 5.37. The van der Waals surface area contributed by atoms with Gasteiger partial charge in [-0.2, -0.15) is 0 Å². The van der Waals surface area contributed by atoms with Crippen LogP contribution in [0.5, 0.6) is 0 Å². The number of carbonyl (C=O) groups excluding carboxylic acids is 1. The smallest absolute Gasteiger partial charge is 0.407 e. The highest BCUT2D eigenvalue weighted by atomic mass is 35.5. The molecule has 9 heteroatoms. The molecule has 1 amide bonds. The molecule has 1 fully saturated rings. The molecule has 1 aromatic rings. The lowest BCUT2D eigenvalue weighted by Gasteiger charge is -2.26. The summed E-state index contributed by atoms with van der Waals surface area (Å²) >= 11 is 0. The summed E-state index contributed by atoms with van der Waals surface area (Å²) < 4.78 is 5.08. The van der Waals surface area contributed by atoms with Crippen LogP contribution < -0.4 is 10.6 Å². The number of hydrogen-bond acceptors (Lipinski definition) is 6. The molecular formula is C15H23ClN4O4. The van der Waals surface area contributed by atoms with Gasteiger partial charge in [-0.25, -0.2) is 4.79 Å². The Morgan fingerprint density at radius 2 is 1.96 bits per heavy atom. The summed E-state index contributed by atoms with van der Waals surface area (Å²) in [5.41, 5.74) is 0.734. The average molecular weight is 359 g/mol. The van der Waals surface area contributed by atoms with Crippen molar-refractivity contribution in [3.63, 3.8) is 0 Å². The first-order chi connectivity index (χ1) is 11.1. The van der Waals surface area contributed by atoms with Gasteiger partial charge in [-0.3, -0.25) is 10.1 Å². The van der Waals surface area contributed by atoms with E-state index in [2.05, 4.69) is 15.5 Å². The van der Waals surface area contributed by atoms with Crippen molar-refractivity contribution in [3.05, 3.63) is 39.9 Å². The summed E-state index contributed by atoms with van der Waals surface area (Å²) in [5.74, 6) is 0. The van der Waals surface area contributed by atoms with E-state index in [1.54, 1.807) is 12.1 Å². The van der Waals surface area contributed by atoms with Crippen LogP contribution in [-0.4, -0.2) is 55.2 Å². The highest BCUT2D eigenvalue weighted by molar-refractivity contribution is 5.85. The predicted molar refractivity (Wildman–Crippen MR) is 92.5 cm³/mol. The number of amides is 1. The van der Waals surface area contributed by atoms with Gasteiger partial charge in [-0.15, -0.1) is 12.4 Å². The molecule has 0 aromatic heterocycles. The van der Waals surface area contributed by atoms with Crippen LogP contribution in [-0.2, 0) is 11.3 Å². The van der Waals surface area contributed by atoms with Gasteiger partial charge >= 0.3 is 6.09 Å². The van der Waals surface area contributed by atoms with Crippen LogP contribution in [0.4, 0.5) is 10.5 Å². The average Bonchev–Trinajstić information content (AvgIpc) is 2.58. The van der Waals surface area contributed by atoms with E-state index in [1.165, 1.54) is 12.1 Å². The normalized spacial score (nSPS) is 14.5. The van der Waals surface area contributed by atoms with E-state index in [0.29, 0.717) is 12.1 Å². The van der Waals surface area contributed by atoms with Crippen LogP contribution in [0.1, 0.15) is 12.0 Å². The van der Waals surface area contributed by atoms with Gasteiger partial charge in [0.2, 0.25) is 0 Å². The van der Waals surface area contributed by atoms with Gasteiger partial charge in [-0.05, 0) is 30.7 Å². The summed E-state index contributed by atoms with van der Waals surface area (Å²) in [4.78, 5) is 24.0. The third-order valence-electron chi connectivity index (χ3n) is 3.65. The second kappa shape index (κ2) is 10.8. The summed E-state index contributed by atoms with van der Waals surface area (Å²) in [5, 5.41) is 16.5. The lowest BCUT2D eigenvalue weighted by Crippen LogP contribution is -2.44. The van der Waals surface area contributed by atoms with Crippen LogP contribution in [0.3, 0.4) is 0 Å². The number of hydrogen-bond donors (Lipinski definition) is 2. The second-order valence-electron chi connectivity index (χ2n) is 5.37. The standard InChI is InChI=1S/C15H22N4O4.ClH/c20-15(17-6-1-9-18-10-7-16-8-11-18)23-12-13-2-4-14(5-3-13)19(21)22;/h2-5,16H,1,6-12H2,(H,17,20);1H. The van der Waals surface area contributed by atoms with Crippen LogP contribution >= 0.6 is 12.4 Å². The van der Waals surface area contributed by atoms with Crippen molar-refractivity contribution >= 4 is 24.2 Å². The number of piperazine rings is 1. The van der Waals surface area contributed by atoms with E-state index in [1.807, 2.05) is 0 Å². The minimum atomic E-state index is -0.469. The SMILES string of the molecule is Cl.O=C(NCCCN1CCNCC1)OCc1ccc([N+](=O)[O-])cc1. The Bertz CT molecular complexity index is 521. The minimum absolute atomic E-state index is 0. The van der Waals surface area contributed by atoms with Crippen molar-refractivity contribution in [2.75, 3.05) is 39.3 Å². The van der Waals surface area contributed by atoms with E-state index < -0.39 is 11.0 Å². The van der Waals surface area contributed by atoms with Gasteiger partial charge in [0.15, 0.2) is 0 Å². The molecule has 8 nitrogen and oxygen atoms in total. The lowest BCUT2D eigenvalue weighted by atomic mass is 10.2. The van der Waals surface area contributed by atoms with Crippen molar-refractivity contribution < 1.29 is 14.5 Å². The molecule has 134 valence electrons. The van der Waals surface area contributed by atoms with Crippen molar-refractivity contribution in [2.45, 2.75) is 13.0 Å². The first kappa shape index (κ1) is 20.1. The molecule has 1 saturated heterocycles. The quantitative estimate of drug-likeness (QED) is 0.436. The summed E-state index contributed by atoms with van der Waals surface area (Å²) in [6.45, 7) is 5.76. The third-order valence-corrected chi connectivity index (χ3v) is 3.65. The molecular weight excluding hydrogens is 336 g/mol. The largest absolute Gasteiger partial charge is 0.445 e. The van der Waals surface area contributed by atoms with E-state index >= 15 is 0 Å². The summed E-state index contributed by atoms with van der Waals surface area (Å²) in [6.07, 6.45) is 0.413. The van der Waals surface area contributed by atoms with E-state index in [9.17, 15) is 14.9 Å². The maximum atomic E-state index is 11.6. The molecule has 24 heavy (non-hydrogen) atoms. The predicted octanol–water partition coefficient (Wildman–Crippen LogP) is 1.54. The monoisotopic (exact) mass is 358 g/mol. The fraction of sp³-hybridized carbons (Fsp3) is 0.533. The Kier molecular flexibility index (Phi) is 9.06. The Labute approximate surface area is 147 Å². The number of nitrogens with one attached hydrogen (secondary N) is 2. The number of benzene rings is 1. The van der Waals surface area contributed by atoms with E-state index in [-0.39, 0.29) is 24.7 Å². The highest BCUT2D eigenvalue weighted by Gasteiger charge is 2.09. The van der Waals surface area contributed by atoms with Crippen molar-refractivity contribution in [1.29, 1.82) is 0 Å². The molecule has 0 unspecified atom stereocenters. The van der Waals surface area contributed by atoms with Crippen molar-refractivity contribution in [1.82, 2.24) is 15.5 Å². The number of ether oxygens (including phenoxy) is 1. The van der Waals surface area contributed by atoms with Gasteiger partial charge in [0, 0.05) is 44.9 Å². The van der Waals surface area contributed by atoms with Crippen LogP contribution in [0.2, 0.25) is 0 Å². The molecule has 0 spiro atoms. The van der Waals surface area contributed by atoms with Gasteiger partial charge in [-0.1, -0.05) is 0 Å². The Morgan fingerprint density at radius 1 is 1.29 bits per heavy atom. The number of non-ortho nitro benzene ring substituents is 1. The summed E-state index contributed by atoms with van der Waals surface area (Å²) in [7, 11) is 0. The molecule has 1 aromatic carbocycles. The number of alkyl carbamates (subject to hydrolysis) is 1. The van der Waals surface area contributed by atoms with E-state index in [0.717, 1.165) is 39.1 Å². The molecule has 0 aliphatic carbocycles. The van der Waals surface area contributed by atoms with Crippen molar-refractivity contribution in [2.24, 2.45) is 0 Å². The van der Waals surface area contributed by atoms with E-state index in [4.69, 9.17) is 4.74 Å². The maximum absolute atomic E-state index is 11.6. The molecule has 0 radical (unpaired) electrons.